The van der Waals surface area contributed by atoms with E-state index in [2.05, 4.69) is 26.0 Å². The molecule has 0 unspecified atom stereocenters. The lowest BCUT2D eigenvalue weighted by molar-refractivity contribution is 0.0988. The molecule has 0 bridgehead atoms. The van der Waals surface area contributed by atoms with Gasteiger partial charge in [0.1, 0.15) is 0 Å². The summed E-state index contributed by atoms with van der Waals surface area (Å²) >= 11 is 10.8. The largest absolute Gasteiger partial charge is 0.280 e. The van der Waals surface area contributed by atoms with Gasteiger partial charge in [0.25, 0.3) is 5.91 Å². The minimum absolute atomic E-state index is 0.276. The van der Waals surface area contributed by atoms with E-state index in [9.17, 15) is 4.79 Å². The summed E-state index contributed by atoms with van der Waals surface area (Å²) in [5, 5.41) is 6.84. The Hall–Kier alpha value is -2.54. The van der Waals surface area contributed by atoms with Gasteiger partial charge >= 0.3 is 0 Å². The SMILES string of the molecule is O=C(c1ccc(Cl)cc1)N(/N=C/c1ccccc1)c1nc2ccc(Br)cc2s1. The zero-order valence-corrected chi connectivity index (χ0v) is 17.6. The van der Waals surface area contributed by atoms with E-state index in [1.807, 2.05) is 48.5 Å². The Morgan fingerprint density at radius 3 is 2.57 bits per heavy atom. The molecule has 0 N–H and O–H groups in total. The summed E-state index contributed by atoms with van der Waals surface area (Å²) in [4.78, 5) is 17.7. The Kier molecular flexibility index (Phi) is 5.52. The smallest absolute Gasteiger partial charge is 0.267 e. The Balaban J connectivity index is 1.76. The van der Waals surface area contributed by atoms with Gasteiger partial charge in [-0.05, 0) is 48.0 Å². The molecule has 4 rings (SSSR count). The minimum Gasteiger partial charge on any atom is -0.267 e. The van der Waals surface area contributed by atoms with E-state index < -0.39 is 0 Å². The van der Waals surface area contributed by atoms with Crippen molar-refractivity contribution < 1.29 is 4.79 Å². The molecule has 4 nitrogen and oxygen atoms in total. The first kappa shape index (κ1) is 18.8. The van der Waals surface area contributed by atoms with E-state index in [1.165, 1.54) is 16.3 Å². The van der Waals surface area contributed by atoms with Crippen molar-refractivity contribution in [3.63, 3.8) is 0 Å². The van der Waals surface area contributed by atoms with Crippen LogP contribution in [-0.2, 0) is 0 Å². The maximum Gasteiger partial charge on any atom is 0.280 e. The number of amides is 1. The fraction of sp³-hybridized carbons (Fsp3) is 0. The number of hydrogen-bond donors (Lipinski definition) is 0. The number of fused-ring (bicyclic) bond motifs is 1. The highest BCUT2D eigenvalue weighted by Gasteiger charge is 2.21. The normalized spacial score (nSPS) is 11.2. The predicted molar refractivity (Wildman–Crippen MR) is 120 cm³/mol. The van der Waals surface area contributed by atoms with Crippen LogP contribution in [0.1, 0.15) is 15.9 Å². The van der Waals surface area contributed by atoms with Crippen molar-refractivity contribution in [2.75, 3.05) is 5.01 Å². The van der Waals surface area contributed by atoms with Crippen LogP contribution >= 0.6 is 38.9 Å². The van der Waals surface area contributed by atoms with Crippen LogP contribution in [0.25, 0.3) is 10.2 Å². The average molecular weight is 471 g/mol. The summed E-state index contributed by atoms with van der Waals surface area (Å²) in [6.45, 7) is 0. The highest BCUT2D eigenvalue weighted by Crippen LogP contribution is 2.32. The molecular weight excluding hydrogens is 458 g/mol. The molecule has 138 valence electrons. The van der Waals surface area contributed by atoms with Gasteiger partial charge in [0.2, 0.25) is 5.13 Å². The topological polar surface area (TPSA) is 45.6 Å². The maximum atomic E-state index is 13.1. The van der Waals surface area contributed by atoms with Crippen molar-refractivity contribution in [3.8, 4) is 0 Å². The lowest BCUT2D eigenvalue weighted by atomic mass is 10.2. The molecule has 0 aliphatic carbocycles. The lowest BCUT2D eigenvalue weighted by Crippen LogP contribution is -2.25. The van der Waals surface area contributed by atoms with Crippen LogP contribution in [-0.4, -0.2) is 17.1 Å². The highest BCUT2D eigenvalue weighted by atomic mass is 79.9. The van der Waals surface area contributed by atoms with E-state index >= 15 is 0 Å². The average Bonchev–Trinajstić information content (AvgIpc) is 3.12. The fourth-order valence-corrected chi connectivity index (χ4v) is 4.14. The molecule has 4 aromatic rings. The number of benzene rings is 3. The molecular formula is C21H13BrClN3OS. The quantitative estimate of drug-likeness (QED) is 0.256. The van der Waals surface area contributed by atoms with Crippen LogP contribution in [0.4, 0.5) is 5.13 Å². The van der Waals surface area contributed by atoms with Gasteiger partial charge in [0.05, 0.1) is 16.4 Å². The van der Waals surface area contributed by atoms with Crippen molar-refractivity contribution in [2.45, 2.75) is 0 Å². The summed E-state index contributed by atoms with van der Waals surface area (Å²) in [7, 11) is 0. The molecule has 3 aromatic carbocycles. The molecule has 0 fully saturated rings. The lowest BCUT2D eigenvalue weighted by Gasteiger charge is -2.13. The van der Waals surface area contributed by atoms with Crippen molar-refractivity contribution >= 4 is 66.3 Å². The van der Waals surface area contributed by atoms with Gasteiger partial charge in [-0.25, -0.2) is 4.98 Å². The van der Waals surface area contributed by atoms with Crippen LogP contribution in [0.15, 0.2) is 82.4 Å². The van der Waals surface area contributed by atoms with Gasteiger partial charge in [0, 0.05) is 15.1 Å². The monoisotopic (exact) mass is 469 g/mol. The molecule has 0 saturated heterocycles. The van der Waals surface area contributed by atoms with Crippen LogP contribution < -0.4 is 5.01 Å². The summed E-state index contributed by atoms with van der Waals surface area (Å²) in [5.74, 6) is -0.276. The summed E-state index contributed by atoms with van der Waals surface area (Å²) in [6, 6.07) is 22.1. The molecule has 0 spiro atoms. The Morgan fingerprint density at radius 1 is 1.07 bits per heavy atom. The van der Waals surface area contributed by atoms with E-state index in [-0.39, 0.29) is 5.91 Å². The van der Waals surface area contributed by atoms with Gasteiger partial charge in [-0.1, -0.05) is 69.2 Å². The van der Waals surface area contributed by atoms with Gasteiger partial charge < -0.3 is 0 Å². The third-order valence-corrected chi connectivity index (χ3v) is 5.66. The molecule has 0 aliphatic rings. The van der Waals surface area contributed by atoms with Crippen LogP contribution in [0, 0.1) is 0 Å². The van der Waals surface area contributed by atoms with Crippen LogP contribution in [0.5, 0.6) is 0 Å². The number of halogens is 2. The summed E-state index contributed by atoms with van der Waals surface area (Å²) in [5.41, 5.74) is 2.18. The van der Waals surface area contributed by atoms with E-state index in [1.54, 1.807) is 30.5 Å². The number of rotatable bonds is 4. The Morgan fingerprint density at radius 2 is 1.82 bits per heavy atom. The number of carbonyl (C=O) groups is 1. The van der Waals surface area contributed by atoms with Gasteiger partial charge in [-0.2, -0.15) is 10.1 Å². The van der Waals surface area contributed by atoms with Gasteiger partial charge in [0.15, 0.2) is 0 Å². The molecule has 0 saturated carbocycles. The molecule has 1 heterocycles. The number of hydrazone groups is 1. The number of carbonyl (C=O) groups excluding carboxylic acids is 1. The zero-order valence-electron chi connectivity index (χ0n) is 14.4. The number of hydrogen-bond acceptors (Lipinski definition) is 4. The van der Waals surface area contributed by atoms with Crippen molar-refractivity contribution in [1.82, 2.24) is 4.98 Å². The standard InChI is InChI=1S/C21H13BrClN3OS/c22-16-8-11-18-19(12-16)28-21(25-18)26(24-13-14-4-2-1-3-5-14)20(27)15-6-9-17(23)10-7-15/h1-13H/b24-13+. The van der Waals surface area contributed by atoms with Crippen LogP contribution in [0.3, 0.4) is 0 Å². The second-order valence-corrected chi connectivity index (χ2v) is 8.25. The first-order valence-electron chi connectivity index (χ1n) is 8.35. The third-order valence-electron chi connectivity index (χ3n) is 3.93. The molecule has 7 heteroatoms. The first-order valence-corrected chi connectivity index (χ1v) is 10.3. The predicted octanol–water partition coefficient (Wildman–Crippen LogP) is 6.39. The zero-order chi connectivity index (χ0) is 19.5. The third kappa shape index (κ3) is 4.14. The number of thiazole rings is 1. The molecule has 0 radical (unpaired) electrons. The second-order valence-electron chi connectivity index (χ2n) is 5.89. The molecule has 1 aromatic heterocycles. The van der Waals surface area contributed by atoms with Crippen molar-refractivity contribution in [3.05, 3.63) is 93.4 Å². The summed E-state index contributed by atoms with van der Waals surface area (Å²) in [6.07, 6.45) is 1.65. The second kappa shape index (κ2) is 8.22. The highest BCUT2D eigenvalue weighted by molar-refractivity contribution is 9.10. The van der Waals surface area contributed by atoms with E-state index in [0.717, 1.165) is 20.3 Å². The molecule has 1 amide bonds. The van der Waals surface area contributed by atoms with Gasteiger partial charge in [-0.3, -0.25) is 4.79 Å². The first-order chi connectivity index (χ1) is 13.6. The molecule has 0 atom stereocenters. The number of nitrogens with zero attached hydrogens (tertiary/aromatic N) is 3. The van der Waals surface area contributed by atoms with Gasteiger partial charge in [-0.15, -0.1) is 0 Å². The Bertz CT molecular complexity index is 1160. The summed E-state index contributed by atoms with van der Waals surface area (Å²) < 4.78 is 1.92. The van der Waals surface area contributed by atoms with E-state index in [4.69, 9.17) is 11.6 Å². The fourth-order valence-electron chi connectivity index (χ4n) is 2.54. The maximum absolute atomic E-state index is 13.1. The Labute approximate surface area is 179 Å². The minimum atomic E-state index is -0.276. The van der Waals surface area contributed by atoms with Crippen molar-refractivity contribution in [2.24, 2.45) is 5.10 Å². The number of aromatic nitrogens is 1. The molecule has 28 heavy (non-hydrogen) atoms. The van der Waals surface area contributed by atoms with E-state index in [0.29, 0.717) is 15.7 Å². The number of anilines is 1. The molecule has 0 aliphatic heterocycles. The van der Waals surface area contributed by atoms with Crippen molar-refractivity contribution in [1.29, 1.82) is 0 Å². The van der Waals surface area contributed by atoms with Crippen LogP contribution in [0.2, 0.25) is 5.02 Å².